The van der Waals surface area contributed by atoms with E-state index in [1.54, 1.807) is 0 Å². The molecule has 1 N–H and O–H groups in total. The summed E-state index contributed by atoms with van der Waals surface area (Å²) in [5.41, 5.74) is 2.56. The Labute approximate surface area is 106 Å². The van der Waals surface area contributed by atoms with Crippen LogP contribution in [0.3, 0.4) is 0 Å². The Morgan fingerprint density at radius 1 is 1.50 bits per heavy atom. The fourth-order valence-electron chi connectivity index (χ4n) is 1.36. The molecule has 0 saturated carbocycles. The molecular formula is C11H8BrClN2O. The lowest BCUT2D eigenvalue weighted by Gasteiger charge is -2.01. The van der Waals surface area contributed by atoms with Crippen LogP contribution in [0.15, 0.2) is 22.8 Å². The first-order chi connectivity index (χ1) is 7.61. The van der Waals surface area contributed by atoms with Crippen LogP contribution in [0.25, 0.3) is 11.3 Å². The molecule has 2 rings (SSSR count). The zero-order valence-electron chi connectivity index (χ0n) is 8.42. The first-order valence-corrected chi connectivity index (χ1v) is 5.76. The second-order valence-corrected chi connectivity index (χ2v) is 4.57. The molecule has 0 atom stereocenters. The van der Waals surface area contributed by atoms with E-state index in [-0.39, 0.29) is 0 Å². The predicted molar refractivity (Wildman–Crippen MR) is 66.9 cm³/mol. The number of hydrogen-bond donors (Lipinski definition) is 1. The predicted octanol–water partition coefficient (Wildman–Crippen LogP) is 3.61. The van der Waals surface area contributed by atoms with E-state index in [0.717, 1.165) is 11.1 Å². The Balaban J connectivity index is 2.53. The Hall–Kier alpha value is -1.13. The molecule has 0 aliphatic rings. The molecule has 0 unspecified atom stereocenters. The minimum atomic E-state index is 0.290. The summed E-state index contributed by atoms with van der Waals surface area (Å²) in [5.74, 6) is 0.290. The van der Waals surface area contributed by atoms with E-state index in [2.05, 4.69) is 25.9 Å². The Kier molecular flexibility index (Phi) is 3.12. The number of nitrogens with one attached hydrogen (secondary N) is 1. The molecule has 82 valence electrons. The van der Waals surface area contributed by atoms with Crippen LogP contribution in [-0.4, -0.2) is 16.3 Å². The van der Waals surface area contributed by atoms with E-state index in [9.17, 15) is 4.79 Å². The summed E-state index contributed by atoms with van der Waals surface area (Å²) in [4.78, 5) is 17.5. The minimum absolute atomic E-state index is 0.290. The van der Waals surface area contributed by atoms with Crippen molar-refractivity contribution >= 4 is 33.8 Å². The van der Waals surface area contributed by atoms with Crippen LogP contribution in [0.2, 0.25) is 5.02 Å². The average molecular weight is 300 g/mol. The molecule has 3 nitrogen and oxygen atoms in total. The third kappa shape index (κ3) is 2.03. The highest BCUT2D eigenvalue weighted by molar-refractivity contribution is 9.10. The third-order valence-electron chi connectivity index (χ3n) is 2.23. The number of aryl methyl sites for hydroxylation is 1. The average Bonchev–Trinajstić information content (AvgIpc) is 2.64. The number of hydrogen-bond acceptors (Lipinski definition) is 2. The largest absolute Gasteiger partial charge is 0.330 e. The van der Waals surface area contributed by atoms with Gasteiger partial charge in [-0.1, -0.05) is 23.7 Å². The van der Waals surface area contributed by atoms with Gasteiger partial charge in [-0.15, -0.1) is 0 Å². The summed E-state index contributed by atoms with van der Waals surface area (Å²) >= 11 is 9.35. The molecule has 16 heavy (non-hydrogen) atoms. The number of carbonyl (C=O) groups excluding carboxylic acids is 1. The monoisotopic (exact) mass is 298 g/mol. The van der Waals surface area contributed by atoms with Crippen LogP contribution in [-0.2, 0) is 0 Å². The number of imidazole rings is 1. The summed E-state index contributed by atoms with van der Waals surface area (Å²) in [7, 11) is 0. The smallest absolute Gasteiger partial charge is 0.185 e. The standard InChI is InChI=1S/C11H8BrClN2O/c1-6-2-3-7(4-8(6)13)10-11(12)15-9(5-16)14-10/h2-5H,1H3,(H,14,15). The van der Waals surface area contributed by atoms with Crippen molar-refractivity contribution in [3.63, 3.8) is 0 Å². The zero-order valence-corrected chi connectivity index (χ0v) is 10.8. The molecular weight excluding hydrogens is 291 g/mol. The van der Waals surface area contributed by atoms with Gasteiger partial charge in [0.1, 0.15) is 10.3 Å². The number of carbonyl (C=O) groups is 1. The summed E-state index contributed by atoms with van der Waals surface area (Å²) in [6.45, 7) is 1.93. The molecule has 0 aliphatic carbocycles. The number of aldehydes is 1. The van der Waals surface area contributed by atoms with Crippen LogP contribution >= 0.6 is 27.5 Å². The lowest BCUT2D eigenvalue weighted by Crippen LogP contribution is -1.83. The molecule has 0 fully saturated rings. The number of nitrogens with zero attached hydrogens (tertiary/aromatic N) is 1. The van der Waals surface area contributed by atoms with Crippen molar-refractivity contribution < 1.29 is 4.79 Å². The highest BCUT2D eigenvalue weighted by atomic mass is 79.9. The molecule has 0 saturated heterocycles. The summed E-state index contributed by atoms with van der Waals surface area (Å²) in [6, 6.07) is 5.66. The van der Waals surface area contributed by atoms with Crippen molar-refractivity contribution in [3.8, 4) is 11.3 Å². The van der Waals surface area contributed by atoms with Crippen molar-refractivity contribution in [1.29, 1.82) is 0 Å². The third-order valence-corrected chi connectivity index (χ3v) is 3.22. The van der Waals surface area contributed by atoms with Crippen LogP contribution in [0.4, 0.5) is 0 Å². The van der Waals surface area contributed by atoms with E-state index >= 15 is 0 Å². The van der Waals surface area contributed by atoms with Gasteiger partial charge in [0.25, 0.3) is 0 Å². The fourth-order valence-corrected chi connectivity index (χ4v) is 2.06. The number of aromatic nitrogens is 2. The van der Waals surface area contributed by atoms with Crippen LogP contribution in [0.5, 0.6) is 0 Å². The normalized spacial score (nSPS) is 10.4. The maximum Gasteiger partial charge on any atom is 0.185 e. The van der Waals surface area contributed by atoms with Gasteiger partial charge in [0.05, 0.1) is 0 Å². The fraction of sp³-hybridized carbons (Fsp3) is 0.0909. The molecule has 1 aromatic carbocycles. The molecule has 0 bridgehead atoms. The van der Waals surface area contributed by atoms with Gasteiger partial charge in [-0.3, -0.25) is 4.79 Å². The van der Waals surface area contributed by atoms with Crippen molar-refractivity contribution in [3.05, 3.63) is 39.2 Å². The summed E-state index contributed by atoms with van der Waals surface area (Å²) in [5, 5.41) is 0.681. The van der Waals surface area contributed by atoms with E-state index in [4.69, 9.17) is 11.6 Å². The first-order valence-electron chi connectivity index (χ1n) is 4.59. The van der Waals surface area contributed by atoms with Crippen LogP contribution < -0.4 is 0 Å². The van der Waals surface area contributed by atoms with Gasteiger partial charge in [-0.25, -0.2) is 4.98 Å². The quantitative estimate of drug-likeness (QED) is 0.861. The van der Waals surface area contributed by atoms with Crippen molar-refractivity contribution in [1.82, 2.24) is 9.97 Å². The lowest BCUT2D eigenvalue weighted by molar-refractivity contribution is 0.111. The number of halogens is 2. The number of rotatable bonds is 2. The molecule has 0 aliphatic heterocycles. The van der Waals surface area contributed by atoms with Crippen LogP contribution in [0, 0.1) is 6.92 Å². The van der Waals surface area contributed by atoms with Gasteiger partial charge in [0, 0.05) is 10.6 Å². The van der Waals surface area contributed by atoms with Crippen molar-refractivity contribution in [2.75, 3.05) is 0 Å². The molecule has 5 heteroatoms. The second-order valence-electron chi connectivity index (χ2n) is 3.37. The van der Waals surface area contributed by atoms with E-state index in [1.807, 2.05) is 25.1 Å². The highest BCUT2D eigenvalue weighted by Gasteiger charge is 2.10. The second kappa shape index (κ2) is 4.39. The molecule has 0 spiro atoms. The molecule has 2 aromatic rings. The van der Waals surface area contributed by atoms with Gasteiger partial charge in [-0.05, 0) is 34.5 Å². The highest BCUT2D eigenvalue weighted by Crippen LogP contribution is 2.28. The number of benzene rings is 1. The van der Waals surface area contributed by atoms with Crippen molar-refractivity contribution in [2.45, 2.75) is 6.92 Å². The van der Waals surface area contributed by atoms with E-state index in [1.165, 1.54) is 0 Å². The Morgan fingerprint density at radius 2 is 2.25 bits per heavy atom. The van der Waals surface area contributed by atoms with Crippen LogP contribution in [0.1, 0.15) is 16.2 Å². The molecule has 0 radical (unpaired) electrons. The van der Waals surface area contributed by atoms with Gasteiger partial charge in [-0.2, -0.15) is 0 Å². The van der Waals surface area contributed by atoms with Crippen molar-refractivity contribution in [2.24, 2.45) is 0 Å². The topological polar surface area (TPSA) is 45.8 Å². The molecule has 1 heterocycles. The van der Waals surface area contributed by atoms with E-state index < -0.39 is 0 Å². The summed E-state index contributed by atoms with van der Waals surface area (Å²) in [6.07, 6.45) is 0.671. The number of aromatic amines is 1. The Bertz CT molecular complexity index is 551. The van der Waals surface area contributed by atoms with Gasteiger partial charge in [0.15, 0.2) is 12.1 Å². The maximum absolute atomic E-state index is 10.6. The number of H-pyrrole nitrogens is 1. The minimum Gasteiger partial charge on any atom is -0.330 e. The molecule has 0 amide bonds. The summed E-state index contributed by atoms with van der Waals surface area (Å²) < 4.78 is 0.675. The van der Waals surface area contributed by atoms with Gasteiger partial charge in [0.2, 0.25) is 0 Å². The zero-order chi connectivity index (χ0) is 11.7. The van der Waals surface area contributed by atoms with E-state index in [0.29, 0.717) is 27.4 Å². The first kappa shape index (κ1) is 11.4. The lowest BCUT2D eigenvalue weighted by atomic mass is 10.1. The van der Waals surface area contributed by atoms with Gasteiger partial charge >= 0.3 is 0 Å². The van der Waals surface area contributed by atoms with Gasteiger partial charge < -0.3 is 4.98 Å². The Morgan fingerprint density at radius 3 is 2.81 bits per heavy atom. The maximum atomic E-state index is 10.6. The molecule has 1 aromatic heterocycles. The SMILES string of the molecule is Cc1ccc(-c2nc(C=O)[nH]c2Br)cc1Cl.